The summed E-state index contributed by atoms with van der Waals surface area (Å²) in [5, 5.41) is 6.05. The highest BCUT2D eigenvalue weighted by Crippen LogP contribution is 2.55. The molecule has 2 aliphatic rings. The Labute approximate surface area is 417 Å². The van der Waals surface area contributed by atoms with E-state index in [0.29, 0.717) is 0 Å². The Hall–Kier alpha value is -7.38. The van der Waals surface area contributed by atoms with Crippen LogP contribution in [0.5, 0.6) is 0 Å². The van der Waals surface area contributed by atoms with Gasteiger partial charge in [0.05, 0.1) is 11.4 Å². The second-order valence-electron chi connectivity index (χ2n) is 21.3. The van der Waals surface area contributed by atoms with Crippen LogP contribution in [0.3, 0.4) is 0 Å². The van der Waals surface area contributed by atoms with Gasteiger partial charge in [0, 0.05) is 79.6 Å². The standard InChI is InChI=1S/C64H49BN2OS2/c1-63(2,3)41-26-29-43(30-27-41)67-52-37-57-48(45-22-14-16-24-55(45)69-57)35-50(52)58-59-53(36-49-44-21-13-15-23-54(44)68-61(49)58)66(51-32-28-42(64(4,5)6)34-47(51)39-19-11-8-12-20-39)60-46-31-25-40(38-17-9-7-10-18-38)33-56(46)70-62(60)65(59)67/h7-37H,1-6H3. The normalized spacial score (nSPS) is 13.5. The molecule has 0 saturated carbocycles. The number of hydrogen-bond donors (Lipinski definition) is 0. The van der Waals surface area contributed by atoms with E-state index in [9.17, 15) is 0 Å². The molecule has 14 rings (SSSR count). The highest BCUT2D eigenvalue weighted by molar-refractivity contribution is 7.32. The number of benzene rings is 9. The lowest BCUT2D eigenvalue weighted by Crippen LogP contribution is -2.60. The zero-order chi connectivity index (χ0) is 47.2. The Kier molecular flexibility index (Phi) is 8.95. The quantitative estimate of drug-likeness (QED) is 0.164. The lowest BCUT2D eigenvalue weighted by atomic mass is 9.46. The first-order chi connectivity index (χ1) is 34.0. The van der Waals surface area contributed by atoms with Crippen LogP contribution in [0, 0.1) is 0 Å². The van der Waals surface area contributed by atoms with E-state index in [1.165, 1.54) is 108 Å². The van der Waals surface area contributed by atoms with Crippen LogP contribution in [0.4, 0.5) is 28.4 Å². The summed E-state index contributed by atoms with van der Waals surface area (Å²) in [7, 11) is 0. The van der Waals surface area contributed by atoms with E-state index in [1.54, 1.807) is 0 Å². The number of nitrogens with zero attached hydrogens (tertiary/aromatic N) is 2. The van der Waals surface area contributed by atoms with E-state index < -0.39 is 0 Å². The fourth-order valence-corrected chi connectivity index (χ4v) is 13.9. The van der Waals surface area contributed by atoms with Crippen LogP contribution in [0.1, 0.15) is 52.7 Å². The van der Waals surface area contributed by atoms with E-state index in [4.69, 9.17) is 4.42 Å². The van der Waals surface area contributed by atoms with Gasteiger partial charge in [0.1, 0.15) is 11.2 Å². The maximum atomic E-state index is 7.22. The molecule has 336 valence electrons. The zero-order valence-corrected chi connectivity index (χ0v) is 41.7. The van der Waals surface area contributed by atoms with Crippen molar-refractivity contribution in [1.82, 2.24) is 0 Å². The molecule has 0 fully saturated rings. The van der Waals surface area contributed by atoms with E-state index in [1.807, 2.05) is 22.7 Å². The van der Waals surface area contributed by atoms with Crippen LogP contribution < -0.4 is 20.0 Å². The lowest BCUT2D eigenvalue weighted by molar-refractivity contribution is 0.590. The Morgan fingerprint density at radius 2 is 1.11 bits per heavy atom. The highest BCUT2D eigenvalue weighted by Gasteiger charge is 2.49. The number of hydrogen-bond acceptors (Lipinski definition) is 5. The van der Waals surface area contributed by atoms with E-state index in [0.717, 1.165) is 27.6 Å². The van der Waals surface area contributed by atoms with Gasteiger partial charge >= 0.3 is 6.85 Å². The first-order valence-electron chi connectivity index (χ1n) is 24.4. The first kappa shape index (κ1) is 41.6. The van der Waals surface area contributed by atoms with Gasteiger partial charge in [-0.2, -0.15) is 0 Å². The number of furan rings is 1. The van der Waals surface area contributed by atoms with Crippen LogP contribution in [0.25, 0.3) is 85.6 Å². The average Bonchev–Trinajstić information content (AvgIpc) is 4.07. The van der Waals surface area contributed by atoms with Crippen molar-refractivity contribution in [3.8, 4) is 33.4 Å². The summed E-state index contributed by atoms with van der Waals surface area (Å²) in [6.45, 7) is 13.7. The first-order valence-corrected chi connectivity index (χ1v) is 26.1. The van der Waals surface area contributed by atoms with Crippen molar-refractivity contribution in [1.29, 1.82) is 0 Å². The molecular weight excluding hydrogens is 888 g/mol. The molecule has 0 unspecified atom stereocenters. The van der Waals surface area contributed by atoms with Gasteiger partial charge < -0.3 is 14.1 Å². The van der Waals surface area contributed by atoms with Gasteiger partial charge in [0.25, 0.3) is 0 Å². The number of thiophene rings is 2. The number of rotatable bonds is 4. The largest absolute Gasteiger partial charge is 0.455 e. The third-order valence-corrected chi connectivity index (χ3v) is 17.3. The summed E-state index contributed by atoms with van der Waals surface area (Å²) >= 11 is 3.83. The van der Waals surface area contributed by atoms with Gasteiger partial charge in [-0.05, 0) is 105 Å². The molecule has 70 heavy (non-hydrogen) atoms. The van der Waals surface area contributed by atoms with Gasteiger partial charge in [-0.3, -0.25) is 0 Å². The second kappa shape index (κ2) is 15.1. The summed E-state index contributed by atoms with van der Waals surface area (Å²) in [5.74, 6) is 0. The number of fused-ring (bicyclic) bond motifs is 13. The molecule has 0 aliphatic carbocycles. The summed E-state index contributed by atoms with van der Waals surface area (Å²) in [6.07, 6.45) is 0. The third kappa shape index (κ3) is 6.19. The molecule has 0 amide bonds. The van der Waals surface area contributed by atoms with Crippen LogP contribution in [0.15, 0.2) is 192 Å². The van der Waals surface area contributed by atoms with Crippen LogP contribution in [-0.2, 0) is 10.8 Å². The molecule has 0 radical (unpaired) electrons. The fraction of sp³-hybridized carbons (Fsp3) is 0.125. The Morgan fingerprint density at radius 3 is 1.87 bits per heavy atom. The topological polar surface area (TPSA) is 19.6 Å². The third-order valence-electron chi connectivity index (χ3n) is 15.0. The zero-order valence-electron chi connectivity index (χ0n) is 40.1. The van der Waals surface area contributed by atoms with Crippen molar-refractivity contribution >= 4 is 120 Å². The number of anilines is 5. The van der Waals surface area contributed by atoms with E-state index >= 15 is 0 Å². The Balaban J connectivity index is 1.17. The van der Waals surface area contributed by atoms with Crippen LogP contribution >= 0.6 is 22.7 Å². The molecule has 0 atom stereocenters. The summed E-state index contributed by atoms with van der Waals surface area (Å²) < 4.78 is 12.4. The van der Waals surface area contributed by atoms with Crippen molar-refractivity contribution < 1.29 is 4.42 Å². The van der Waals surface area contributed by atoms with Gasteiger partial charge in [-0.15, -0.1) is 22.7 Å². The molecular formula is C64H49BN2OS2. The predicted octanol–water partition coefficient (Wildman–Crippen LogP) is 17.8. The van der Waals surface area contributed by atoms with Crippen molar-refractivity contribution in [2.75, 3.05) is 9.71 Å². The molecule has 6 heteroatoms. The Morgan fingerprint density at radius 1 is 0.443 bits per heavy atom. The van der Waals surface area contributed by atoms with Gasteiger partial charge in [0.2, 0.25) is 0 Å². The summed E-state index contributed by atoms with van der Waals surface area (Å²) in [5.41, 5.74) is 18.8. The number of para-hydroxylation sites is 1. The maximum Gasteiger partial charge on any atom is 0.343 e. The molecule has 0 bridgehead atoms. The van der Waals surface area contributed by atoms with Crippen molar-refractivity contribution in [3.63, 3.8) is 0 Å². The van der Waals surface area contributed by atoms with Crippen molar-refractivity contribution in [3.05, 3.63) is 199 Å². The summed E-state index contributed by atoms with van der Waals surface area (Å²) in [4.78, 5) is 5.32. The van der Waals surface area contributed by atoms with Crippen LogP contribution in [-0.4, -0.2) is 6.85 Å². The summed E-state index contributed by atoms with van der Waals surface area (Å²) in [6, 6.07) is 70.6. The smallest absolute Gasteiger partial charge is 0.343 e. The van der Waals surface area contributed by atoms with Gasteiger partial charge in [-0.25, -0.2) is 0 Å². The second-order valence-corrected chi connectivity index (χ2v) is 23.4. The van der Waals surface area contributed by atoms with Gasteiger partial charge in [-0.1, -0.05) is 169 Å². The maximum absolute atomic E-state index is 7.22. The van der Waals surface area contributed by atoms with Gasteiger partial charge in [0.15, 0.2) is 0 Å². The van der Waals surface area contributed by atoms with E-state index in [-0.39, 0.29) is 17.7 Å². The highest BCUT2D eigenvalue weighted by atomic mass is 32.1. The molecule has 2 aliphatic heterocycles. The minimum atomic E-state index is -0.180. The molecule has 3 aromatic heterocycles. The predicted molar refractivity (Wildman–Crippen MR) is 304 cm³/mol. The molecule has 0 saturated heterocycles. The molecule has 0 spiro atoms. The minimum Gasteiger partial charge on any atom is -0.455 e. The Bertz CT molecular complexity index is 4090. The lowest BCUT2D eigenvalue weighted by Gasteiger charge is -2.45. The van der Waals surface area contributed by atoms with E-state index in [2.05, 4.69) is 239 Å². The average molecular weight is 937 g/mol. The monoisotopic (exact) mass is 936 g/mol. The fourth-order valence-electron chi connectivity index (χ4n) is 11.4. The SMILES string of the molecule is CC(C)(C)c1ccc(N2B3c4sc5cc(-c6ccccc6)ccc5c4N(c4ccc(C(C)(C)C)cc4-c4ccccc4)c4cc5c(oc6ccccc65)c(c43)-c3cc4c(cc32)sc2ccccc24)cc1. The minimum absolute atomic E-state index is 0.00763. The van der Waals surface area contributed by atoms with Crippen molar-refractivity contribution in [2.45, 2.75) is 52.4 Å². The molecule has 0 N–H and O–H groups in total. The molecule has 5 heterocycles. The molecule has 12 aromatic rings. The molecule has 3 nitrogen and oxygen atoms in total. The van der Waals surface area contributed by atoms with Crippen molar-refractivity contribution in [2.24, 2.45) is 0 Å². The van der Waals surface area contributed by atoms with Crippen LogP contribution in [0.2, 0.25) is 0 Å². The molecule has 9 aromatic carbocycles.